The van der Waals surface area contributed by atoms with Gasteiger partial charge in [0.2, 0.25) is 5.88 Å². The second-order valence-corrected chi connectivity index (χ2v) is 4.24. The zero-order valence-corrected chi connectivity index (χ0v) is 9.15. The molecule has 0 aromatic carbocycles. The Kier molecular flexibility index (Phi) is 3.21. The van der Waals surface area contributed by atoms with Gasteiger partial charge in [0.1, 0.15) is 6.10 Å². The van der Waals surface area contributed by atoms with E-state index in [0.29, 0.717) is 6.10 Å². The minimum absolute atomic E-state index is 0.0398. The van der Waals surface area contributed by atoms with E-state index in [4.69, 9.17) is 10.5 Å². The standard InChI is InChI=1S/C12H18N2O/c1-9(13)10-6-7-12(14-8-10)15-11-4-2-3-5-11/h6-9,11H,2-5,13H2,1H3/t9-/m0/s1. The van der Waals surface area contributed by atoms with E-state index in [9.17, 15) is 0 Å². The number of hydrogen-bond donors (Lipinski definition) is 1. The zero-order chi connectivity index (χ0) is 10.7. The van der Waals surface area contributed by atoms with Crippen LogP contribution in [0.2, 0.25) is 0 Å². The van der Waals surface area contributed by atoms with Gasteiger partial charge in [0.15, 0.2) is 0 Å². The topological polar surface area (TPSA) is 48.1 Å². The van der Waals surface area contributed by atoms with Gasteiger partial charge in [0, 0.05) is 18.3 Å². The summed E-state index contributed by atoms with van der Waals surface area (Å²) in [5.41, 5.74) is 6.80. The largest absolute Gasteiger partial charge is 0.474 e. The molecule has 3 heteroatoms. The van der Waals surface area contributed by atoms with Crippen LogP contribution in [0.1, 0.15) is 44.2 Å². The molecular formula is C12H18N2O. The van der Waals surface area contributed by atoms with Gasteiger partial charge in [-0.05, 0) is 38.2 Å². The first-order valence-corrected chi connectivity index (χ1v) is 5.64. The lowest BCUT2D eigenvalue weighted by Gasteiger charge is -2.12. The second kappa shape index (κ2) is 4.62. The molecule has 15 heavy (non-hydrogen) atoms. The van der Waals surface area contributed by atoms with Crippen molar-refractivity contribution >= 4 is 0 Å². The number of aromatic nitrogens is 1. The number of rotatable bonds is 3. The van der Waals surface area contributed by atoms with Crippen molar-refractivity contribution in [3.05, 3.63) is 23.9 Å². The van der Waals surface area contributed by atoms with Crippen LogP contribution in [0.4, 0.5) is 0 Å². The van der Waals surface area contributed by atoms with E-state index in [0.717, 1.165) is 24.3 Å². The van der Waals surface area contributed by atoms with Crippen LogP contribution in [-0.4, -0.2) is 11.1 Å². The van der Waals surface area contributed by atoms with E-state index < -0.39 is 0 Å². The highest BCUT2D eigenvalue weighted by Gasteiger charge is 2.16. The van der Waals surface area contributed by atoms with Gasteiger partial charge in [-0.3, -0.25) is 0 Å². The Balaban J connectivity index is 1.97. The van der Waals surface area contributed by atoms with E-state index in [1.54, 1.807) is 6.20 Å². The molecule has 1 atom stereocenters. The van der Waals surface area contributed by atoms with Crippen molar-refractivity contribution in [3.63, 3.8) is 0 Å². The highest BCUT2D eigenvalue weighted by atomic mass is 16.5. The molecule has 0 spiro atoms. The van der Waals surface area contributed by atoms with E-state index in [-0.39, 0.29) is 6.04 Å². The molecule has 1 heterocycles. The summed E-state index contributed by atoms with van der Waals surface area (Å²) >= 11 is 0. The Labute approximate surface area is 90.7 Å². The number of nitrogens with two attached hydrogens (primary N) is 1. The van der Waals surface area contributed by atoms with Crippen LogP contribution >= 0.6 is 0 Å². The van der Waals surface area contributed by atoms with Crippen molar-refractivity contribution in [1.82, 2.24) is 4.98 Å². The van der Waals surface area contributed by atoms with E-state index in [1.165, 1.54) is 12.8 Å². The molecule has 0 bridgehead atoms. The number of pyridine rings is 1. The maximum Gasteiger partial charge on any atom is 0.213 e. The van der Waals surface area contributed by atoms with Gasteiger partial charge in [-0.1, -0.05) is 6.07 Å². The van der Waals surface area contributed by atoms with E-state index in [2.05, 4.69) is 4.98 Å². The highest BCUT2D eigenvalue weighted by molar-refractivity contribution is 5.20. The number of ether oxygens (including phenoxy) is 1. The van der Waals surface area contributed by atoms with Crippen molar-refractivity contribution < 1.29 is 4.74 Å². The summed E-state index contributed by atoms with van der Waals surface area (Å²) in [7, 11) is 0. The van der Waals surface area contributed by atoms with Gasteiger partial charge >= 0.3 is 0 Å². The summed E-state index contributed by atoms with van der Waals surface area (Å²) in [6, 6.07) is 3.94. The van der Waals surface area contributed by atoms with Crippen LogP contribution in [0, 0.1) is 0 Å². The molecule has 0 unspecified atom stereocenters. The Morgan fingerprint density at radius 1 is 1.40 bits per heavy atom. The molecule has 2 rings (SSSR count). The van der Waals surface area contributed by atoms with Gasteiger partial charge in [-0.15, -0.1) is 0 Å². The number of nitrogens with zero attached hydrogens (tertiary/aromatic N) is 1. The third-order valence-electron chi connectivity index (χ3n) is 2.87. The van der Waals surface area contributed by atoms with Crippen LogP contribution < -0.4 is 10.5 Å². The van der Waals surface area contributed by atoms with Crippen LogP contribution in [0.3, 0.4) is 0 Å². The lowest BCUT2D eigenvalue weighted by atomic mass is 10.2. The Bertz CT molecular complexity index is 302. The molecule has 1 aliphatic rings. The minimum atomic E-state index is 0.0398. The van der Waals surface area contributed by atoms with Crippen molar-refractivity contribution in [2.45, 2.75) is 44.8 Å². The van der Waals surface area contributed by atoms with Gasteiger partial charge < -0.3 is 10.5 Å². The predicted octanol–water partition coefficient (Wildman–Crippen LogP) is 2.42. The average Bonchev–Trinajstić information content (AvgIpc) is 2.71. The first kappa shape index (κ1) is 10.4. The normalized spacial score (nSPS) is 19.1. The predicted molar refractivity (Wildman–Crippen MR) is 59.7 cm³/mol. The molecule has 0 aliphatic heterocycles. The van der Waals surface area contributed by atoms with E-state index in [1.807, 2.05) is 19.1 Å². The van der Waals surface area contributed by atoms with Crippen LogP contribution in [-0.2, 0) is 0 Å². The molecule has 1 fully saturated rings. The Hall–Kier alpha value is -1.09. The second-order valence-electron chi connectivity index (χ2n) is 4.24. The molecule has 2 N–H and O–H groups in total. The molecule has 1 aliphatic carbocycles. The van der Waals surface area contributed by atoms with Crippen molar-refractivity contribution in [2.75, 3.05) is 0 Å². The summed E-state index contributed by atoms with van der Waals surface area (Å²) in [4.78, 5) is 4.26. The molecule has 1 aromatic heterocycles. The highest BCUT2D eigenvalue weighted by Crippen LogP contribution is 2.23. The maximum absolute atomic E-state index is 5.76. The van der Waals surface area contributed by atoms with Gasteiger partial charge in [0.05, 0.1) is 0 Å². The summed E-state index contributed by atoms with van der Waals surface area (Å²) in [5.74, 6) is 0.728. The monoisotopic (exact) mass is 206 g/mol. The van der Waals surface area contributed by atoms with Crippen molar-refractivity contribution in [2.24, 2.45) is 5.73 Å². The van der Waals surface area contributed by atoms with Gasteiger partial charge in [-0.25, -0.2) is 4.98 Å². The maximum atomic E-state index is 5.76. The summed E-state index contributed by atoms with van der Waals surface area (Å²) in [6.45, 7) is 1.95. The first-order chi connectivity index (χ1) is 7.25. The molecule has 0 radical (unpaired) electrons. The molecule has 1 aromatic rings. The molecule has 1 saturated carbocycles. The molecular weight excluding hydrogens is 188 g/mol. The van der Waals surface area contributed by atoms with Crippen LogP contribution in [0.15, 0.2) is 18.3 Å². The van der Waals surface area contributed by atoms with Crippen LogP contribution in [0.5, 0.6) is 5.88 Å². The Morgan fingerprint density at radius 2 is 2.13 bits per heavy atom. The average molecular weight is 206 g/mol. The third-order valence-corrected chi connectivity index (χ3v) is 2.87. The third kappa shape index (κ3) is 2.69. The fourth-order valence-corrected chi connectivity index (χ4v) is 1.91. The molecule has 0 saturated heterocycles. The van der Waals surface area contributed by atoms with Gasteiger partial charge in [-0.2, -0.15) is 0 Å². The van der Waals surface area contributed by atoms with Gasteiger partial charge in [0.25, 0.3) is 0 Å². The smallest absolute Gasteiger partial charge is 0.213 e. The Morgan fingerprint density at radius 3 is 2.67 bits per heavy atom. The van der Waals surface area contributed by atoms with Crippen LogP contribution in [0.25, 0.3) is 0 Å². The quantitative estimate of drug-likeness (QED) is 0.826. The van der Waals surface area contributed by atoms with Crippen molar-refractivity contribution in [3.8, 4) is 5.88 Å². The fraction of sp³-hybridized carbons (Fsp3) is 0.583. The van der Waals surface area contributed by atoms with Crippen molar-refractivity contribution in [1.29, 1.82) is 0 Å². The SMILES string of the molecule is C[C@H](N)c1ccc(OC2CCCC2)nc1. The summed E-state index contributed by atoms with van der Waals surface area (Å²) in [5, 5.41) is 0. The minimum Gasteiger partial charge on any atom is -0.474 e. The lowest BCUT2D eigenvalue weighted by molar-refractivity contribution is 0.201. The zero-order valence-electron chi connectivity index (χ0n) is 9.15. The molecule has 3 nitrogen and oxygen atoms in total. The summed E-state index contributed by atoms with van der Waals surface area (Å²) in [6.07, 6.45) is 7.06. The fourth-order valence-electron chi connectivity index (χ4n) is 1.91. The number of hydrogen-bond acceptors (Lipinski definition) is 3. The first-order valence-electron chi connectivity index (χ1n) is 5.64. The molecule has 82 valence electrons. The summed E-state index contributed by atoms with van der Waals surface area (Å²) < 4.78 is 5.76. The van der Waals surface area contributed by atoms with E-state index >= 15 is 0 Å². The molecule has 0 amide bonds. The lowest BCUT2D eigenvalue weighted by Crippen LogP contribution is -2.12.